The van der Waals surface area contributed by atoms with Crippen LogP contribution < -0.4 is 22.5 Å². The summed E-state index contributed by atoms with van der Waals surface area (Å²) < 4.78 is 14.2. The molecule has 0 aliphatic rings. The maximum atomic E-state index is 12.7. The van der Waals surface area contributed by atoms with Crippen LogP contribution in [-0.2, 0) is 45.2 Å². The summed E-state index contributed by atoms with van der Waals surface area (Å²) in [6, 6.07) is 0. The molecule has 2 aromatic rings. The minimum Gasteiger partial charge on any atom is -0.469 e. The fourth-order valence-corrected chi connectivity index (χ4v) is 3.83. The zero-order chi connectivity index (χ0) is 26.8. The Balaban J connectivity index is 0.00000684. The van der Waals surface area contributed by atoms with Gasteiger partial charge in [-0.25, -0.2) is 9.59 Å². The molecule has 2 heterocycles. The van der Waals surface area contributed by atoms with Gasteiger partial charge in [0.2, 0.25) is 0 Å². The van der Waals surface area contributed by atoms with E-state index in [4.69, 9.17) is 0 Å². The lowest BCUT2D eigenvalue weighted by molar-refractivity contribution is -0.141. The number of methoxy groups -OCH3 is 2. The summed E-state index contributed by atoms with van der Waals surface area (Å²) in [5, 5.41) is 0. The highest BCUT2D eigenvalue weighted by Gasteiger charge is 2.12. The Morgan fingerprint density at radius 2 is 1.00 bits per heavy atom. The van der Waals surface area contributed by atoms with Crippen LogP contribution in [0.1, 0.15) is 49.7 Å². The van der Waals surface area contributed by atoms with Crippen molar-refractivity contribution in [2.75, 3.05) is 14.2 Å². The molecule has 0 aliphatic carbocycles. The van der Waals surface area contributed by atoms with E-state index in [2.05, 4.69) is 9.47 Å². The van der Waals surface area contributed by atoms with Gasteiger partial charge in [-0.05, 0) is 26.7 Å². The molecule has 0 atom stereocenters. The Kier molecular flexibility index (Phi) is 12.5. The third-order valence-corrected chi connectivity index (χ3v) is 5.90. The van der Waals surface area contributed by atoms with Crippen molar-refractivity contribution in [3.8, 4) is 0 Å². The number of rotatable bonds is 13. The van der Waals surface area contributed by atoms with Crippen molar-refractivity contribution in [1.82, 2.24) is 18.3 Å². The second-order valence-corrected chi connectivity index (χ2v) is 8.56. The molecule has 0 bridgehead atoms. The molecule has 2 N–H and O–H groups in total. The number of aryl methyl sites for hydroxylation is 4. The molecule has 0 aromatic carbocycles. The van der Waals surface area contributed by atoms with Gasteiger partial charge in [0.1, 0.15) is 0 Å². The summed E-state index contributed by atoms with van der Waals surface area (Å²) in [5.74, 6) is -0.888. The first-order valence-electron chi connectivity index (χ1n) is 11.9. The number of aromatic nitrogens is 4. The molecule has 2 rings (SSSR count). The SMILES string of the molecule is COC(=O)CCn1cc(C)c(=O)n(CCCCCCn2c(=O)c(C)cn(CCC(=O)OC)c2=O)c1=O.O. The fourth-order valence-electron chi connectivity index (χ4n) is 3.83. The second-order valence-electron chi connectivity index (χ2n) is 8.56. The first kappa shape index (κ1) is 31.3. The standard InChI is InChI=1S/C24H34N4O8.H2O/c1-17-15-25(13-9-19(29)35-3)23(33)27(21(17)31)11-7-5-6-8-12-28-22(32)18(2)16-26(24(28)34)14-10-20(30)36-4;/h15-16H,5-14H2,1-4H3;1H2. The monoisotopic (exact) mass is 524 g/mol. The van der Waals surface area contributed by atoms with Crippen LogP contribution in [0.4, 0.5) is 0 Å². The molecule has 206 valence electrons. The molecule has 0 unspecified atom stereocenters. The highest BCUT2D eigenvalue weighted by atomic mass is 16.5. The van der Waals surface area contributed by atoms with Crippen molar-refractivity contribution < 1.29 is 24.5 Å². The van der Waals surface area contributed by atoms with Crippen molar-refractivity contribution in [3.05, 3.63) is 65.2 Å². The first-order chi connectivity index (χ1) is 17.1. The molecule has 13 nitrogen and oxygen atoms in total. The quantitative estimate of drug-likeness (QED) is 0.249. The maximum absolute atomic E-state index is 12.7. The fraction of sp³-hybridized carbons (Fsp3) is 0.583. The topological polar surface area (TPSA) is 172 Å². The van der Waals surface area contributed by atoms with E-state index in [0.29, 0.717) is 36.8 Å². The second kappa shape index (κ2) is 14.7. The predicted molar refractivity (Wildman–Crippen MR) is 135 cm³/mol. The van der Waals surface area contributed by atoms with E-state index in [-0.39, 0.29) is 55.6 Å². The maximum Gasteiger partial charge on any atom is 0.330 e. The summed E-state index contributed by atoms with van der Waals surface area (Å²) in [6.07, 6.45) is 5.42. The van der Waals surface area contributed by atoms with Gasteiger partial charge in [-0.15, -0.1) is 0 Å². The molecule has 2 aromatic heterocycles. The van der Waals surface area contributed by atoms with Crippen molar-refractivity contribution >= 4 is 11.9 Å². The van der Waals surface area contributed by atoms with E-state index in [1.165, 1.54) is 35.7 Å². The lowest BCUT2D eigenvalue weighted by atomic mass is 10.2. The Morgan fingerprint density at radius 3 is 1.32 bits per heavy atom. The molecule has 0 amide bonds. The van der Waals surface area contributed by atoms with Gasteiger partial charge in [-0.3, -0.25) is 37.4 Å². The smallest absolute Gasteiger partial charge is 0.330 e. The summed E-state index contributed by atoms with van der Waals surface area (Å²) in [6.45, 7) is 3.92. The molecule has 0 saturated heterocycles. The average molecular weight is 525 g/mol. The molecule has 0 fully saturated rings. The summed E-state index contributed by atoms with van der Waals surface area (Å²) in [5.41, 5.74) is -0.883. The van der Waals surface area contributed by atoms with Gasteiger partial charge in [0.25, 0.3) is 11.1 Å². The van der Waals surface area contributed by atoms with Gasteiger partial charge < -0.3 is 14.9 Å². The number of nitrogens with zero attached hydrogens (tertiary/aromatic N) is 4. The summed E-state index contributed by atoms with van der Waals surface area (Å²) >= 11 is 0. The van der Waals surface area contributed by atoms with Gasteiger partial charge in [0.15, 0.2) is 0 Å². The third-order valence-electron chi connectivity index (χ3n) is 5.90. The third kappa shape index (κ3) is 8.41. The highest BCUT2D eigenvalue weighted by Crippen LogP contribution is 2.03. The van der Waals surface area contributed by atoms with Crippen molar-refractivity contribution in [1.29, 1.82) is 0 Å². The lowest BCUT2D eigenvalue weighted by Gasteiger charge is -2.12. The Hall–Kier alpha value is -3.74. The molecule has 0 radical (unpaired) electrons. The highest BCUT2D eigenvalue weighted by molar-refractivity contribution is 5.69. The van der Waals surface area contributed by atoms with Gasteiger partial charge in [-0.2, -0.15) is 0 Å². The van der Waals surface area contributed by atoms with Crippen molar-refractivity contribution in [2.45, 2.75) is 78.6 Å². The van der Waals surface area contributed by atoms with Gasteiger partial charge in [0.05, 0.1) is 27.1 Å². The number of carbonyl (C=O) groups excluding carboxylic acids is 2. The van der Waals surface area contributed by atoms with Crippen LogP contribution >= 0.6 is 0 Å². The molecular formula is C24H36N4O9. The largest absolute Gasteiger partial charge is 0.469 e. The minimum absolute atomic E-state index is 0. The van der Waals surface area contributed by atoms with E-state index >= 15 is 0 Å². The number of ether oxygens (including phenoxy) is 2. The predicted octanol–water partition coefficient (Wildman–Crippen LogP) is -0.488. The van der Waals surface area contributed by atoms with Crippen LogP contribution in [0, 0.1) is 13.8 Å². The van der Waals surface area contributed by atoms with Crippen molar-refractivity contribution in [2.24, 2.45) is 0 Å². The molecule has 13 heteroatoms. The van der Waals surface area contributed by atoms with Crippen LogP contribution in [0.3, 0.4) is 0 Å². The van der Waals surface area contributed by atoms with E-state index in [1.807, 2.05) is 0 Å². The van der Waals surface area contributed by atoms with Crippen LogP contribution in [0.25, 0.3) is 0 Å². The summed E-state index contributed by atoms with van der Waals surface area (Å²) in [4.78, 5) is 73.0. The normalized spacial score (nSPS) is 10.6. The van der Waals surface area contributed by atoms with E-state index < -0.39 is 23.3 Å². The Labute approximate surface area is 213 Å². The van der Waals surface area contributed by atoms with Crippen LogP contribution in [-0.4, -0.2) is 49.9 Å². The van der Waals surface area contributed by atoms with E-state index in [1.54, 1.807) is 13.8 Å². The van der Waals surface area contributed by atoms with Crippen LogP contribution in [0.5, 0.6) is 0 Å². The van der Waals surface area contributed by atoms with E-state index in [9.17, 15) is 28.8 Å². The molecule has 0 spiro atoms. The Bertz CT molecular complexity index is 1220. The van der Waals surface area contributed by atoms with Gasteiger partial charge in [0, 0.05) is 49.7 Å². The number of hydrogen-bond donors (Lipinski definition) is 0. The summed E-state index contributed by atoms with van der Waals surface area (Å²) in [7, 11) is 2.54. The van der Waals surface area contributed by atoms with E-state index in [0.717, 1.165) is 9.13 Å². The molecule has 0 aliphatic heterocycles. The number of unbranched alkanes of at least 4 members (excludes halogenated alkanes) is 3. The van der Waals surface area contributed by atoms with Gasteiger partial charge in [-0.1, -0.05) is 12.8 Å². The van der Waals surface area contributed by atoms with Crippen LogP contribution in [0.15, 0.2) is 31.6 Å². The molecule has 37 heavy (non-hydrogen) atoms. The number of hydrogen-bond acceptors (Lipinski definition) is 8. The van der Waals surface area contributed by atoms with Crippen LogP contribution in [0.2, 0.25) is 0 Å². The zero-order valence-electron chi connectivity index (χ0n) is 21.8. The number of esters is 2. The molecule has 0 saturated carbocycles. The zero-order valence-corrected chi connectivity index (χ0v) is 21.8. The number of carbonyl (C=O) groups is 2. The Morgan fingerprint density at radius 1 is 0.649 bits per heavy atom. The first-order valence-corrected chi connectivity index (χ1v) is 11.9. The minimum atomic E-state index is -0.478. The lowest BCUT2D eigenvalue weighted by Crippen LogP contribution is -2.41. The molecular weight excluding hydrogens is 488 g/mol. The average Bonchev–Trinajstić information content (AvgIpc) is 2.86. The van der Waals surface area contributed by atoms with Gasteiger partial charge >= 0.3 is 23.3 Å². The van der Waals surface area contributed by atoms with Crippen molar-refractivity contribution in [3.63, 3.8) is 0 Å².